The van der Waals surface area contributed by atoms with Gasteiger partial charge in [-0.2, -0.15) is 0 Å². The second kappa shape index (κ2) is 5.93. The first kappa shape index (κ1) is 15.6. The van der Waals surface area contributed by atoms with Crippen LogP contribution < -0.4 is 0 Å². The van der Waals surface area contributed by atoms with Crippen molar-refractivity contribution in [1.29, 1.82) is 0 Å². The Balaban J connectivity index is 2.51. The lowest BCUT2D eigenvalue weighted by Gasteiger charge is -2.32. The predicted molar refractivity (Wildman–Crippen MR) is 84.7 cm³/mol. The van der Waals surface area contributed by atoms with Crippen LogP contribution in [0, 0.1) is 17.3 Å². The number of ether oxygens (including phenoxy) is 1. The standard InChI is InChI=1S/C19H24O2/c1-5-13-19(21-17(20)18(2,3)4)14-9-8-11-15-10-6-7-12-16(15)19/h6-7,10,12H,8-9,11,14H2,1-4H3. The molecule has 0 heterocycles. The van der Waals surface area contributed by atoms with Gasteiger partial charge in [-0.1, -0.05) is 30.2 Å². The Morgan fingerprint density at radius 2 is 1.95 bits per heavy atom. The third-order valence-corrected chi connectivity index (χ3v) is 3.88. The quantitative estimate of drug-likeness (QED) is 0.438. The van der Waals surface area contributed by atoms with Crippen molar-refractivity contribution in [3.8, 4) is 11.8 Å². The van der Waals surface area contributed by atoms with E-state index in [1.54, 1.807) is 6.92 Å². The first-order valence-corrected chi connectivity index (χ1v) is 7.65. The molecule has 2 rings (SSSR count). The third-order valence-electron chi connectivity index (χ3n) is 3.88. The van der Waals surface area contributed by atoms with Crippen LogP contribution in [0.4, 0.5) is 0 Å². The summed E-state index contributed by atoms with van der Waals surface area (Å²) >= 11 is 0. The van der Waals surface area contributed by atoms with E-state index in [9.17, 15) is 4.79 Å². The highest BCUT2D eigenvalue weighted by molar-refractivity contribution is 5.76. The van der Waals surface area contributed by atoms with E-state index in [0.717, 1.165) is 31.2 Å². The lowest BCUT2D eigenvalue weighted by Crippen LogP contribution is -2.36. The van der Waals surface area contributed by atoms with Gasteiger partial charge < -0.3 is 4.74 Å². The molecule has 21 heavy (non-hydrogen) atoms. The van der Waals surface area contributed by atoms with Gasteiger partial charge in [0, 0.05) is 12.0 Å². The molecule has 1 aliphatic carbocycles. The molecule has 0 saturated heterocycles. The molecular formula is C19H24O2. The van der Waals surface area contributed by atoms with Crippen molar-refractivity contribution in [1.82, 2.24) is 0 Å². The summed E-state index contributed by atoms with van der Waals surface area (Å²) in [5.74, 6) is 5.99. The molecule has 1 aromatic carbocycles. The monoisotopic (exact) mass is 284 g/mol. The van der Waals surface area contributed by atoms with Crippen LogP contribution in [0.25, 0.3) is 0 Å². The Hall–Kier alpha value is -1.75. The van der Waals surface area contributed by atoms with Crippen molar-refractivity contribution >= 4 is 5.97 Å². The Bertz CT molecular complexity index is 584. The zero-order valence-electron chi connectivity index (χ0n) is 13.5. The molecular weight excluding hydrogens is 260 g/mol. The Kier molecular flexibility index (Phi) is 4.42. The number of carbonyl (C=O) groups excluding carboxylic acids is 1. The van der Waals surface area contributed by atoms with Gasteiger partial charge in [-0.15, -0.1) is 5.92 Å². The molecule has 0 radical (unpaired) electrons. The SMILES string of the molecule is CC#CC1(OC(=O)C(C)(C)C)CCCCc2ccccc21. The van der Waals surface area contributed by atoms with Gasteiger partial charge in [-0.3, -0.25) is 4.79 Å². The Morgan fingerprint density at radius 3 is 2.62 bits per heavy atom. The maximum atomic E-state index is 12.4. The Labute approximate surface area is 127 Å². The fourth-order valence-electron chi connectivity index (χ4n) is 2.73. The lowest BCUT2D eigenvalue weighted by molar-refractivity contribution is -0.165. The molecule has 0 fully saturated rings. The molecule has 1 unspecified atom stereocenters. The lowest BCUT2D eigenvalue weighted by atomic mass is 9.87. The summed E-state index contributed by atoms with van der Waals surface area (Å²) in [6, 6.07) is 8.22. The van der Waals surface area contributed by atoms with Gasteiger partial charge in [0.1, 0.15) is 0 Å². The summed E-state index contributed by atoms with van der Waals surface area (Å²) in [6.45, 7) is 7.45. The highest BCUT2D eigenvalue weighted by Gasteiger charge is 2.40. The topological polar surface area (TPSA) is 26.3 Å². The molecule has 1 atom stereocenters. The summed E-state index contributed by atoms with van der Waals surface area (Å²) < 4.78 is 5.98. The van der Waals surface area contributed by atoms with Crippen molar-refractivity contribution in [3.05, 3.63) is 35.4 Å². The molecule has 112 valence electrons. The summed E-state index contributed by atoms with van der Waals surface area (Å²) in [7, 11) is 0. The minimum atomic E-state index is -0.786. The minimum Gasteiger partial charge on any atom is -0.441 e. The summed E-state index contributed by atoms with van der Waals surface area (Å²) in [6.07, 6.45) is 3.92. The normalized spacial score (nSPS) is 21.5. The average molecular weight is 284 g/mol. The highest BCUT2D eigenvalue weighted by Crippen LogP contribution is 2.38. The van der Waals surface area contributed by atoms with Crippen molar-refractivity contribution in [2.75, 3.05) is 0 Å². The van der Waals surface area contributed by atoms with Crippen molar-refractivity contribution < 1.29 is 9.53 Å². The van der Waals surface area contributed by atoms with Crippen molar-refractivity contribution in [2.24, 2.45) is 5.41 Å². The van der Waals surface area contributed by atoms with Gasteiger partial charge >= 0.3 is 5.97 Å². The van der Waals surface area contributed by atoms with E-state index in [1.165, 1.54) is 5.56 Å². The van der Waals surface area contributed by atoms with E-state index in [-0.39, 0.29) is 5.97 Å². The maximum Gasteiger partial charge on any atom is 0.313 e. The van der Waals surface area contributed by atoms with Crippen LogP contribution in [0.15, 0.2) is 24.3 Å². The van der Waals surface area contributed by atoms with E-state index >= 15 is 0 Å². The van der Waals surface area contributed by atoms with E-state index in [1.807, 2.05) is 32.9 Å². The molecule has 0 N–H and O–H groups in total. The number of benzene rings is 1. The summed E-state index contributed by atoms with van der Waals surface area (Å²) in [5, 5.41) is 0. The highest BCUT2D eigenvalue weighted by atomic mass is 16.6. The van der Waals surface area contributed by atoms with Gasteiger partial charge in [0.05, 0.1) is 5.41 Å². The molecule has 2 heteroatoms. The van der Waals surface area contributed by atoms with Gasteiger partial charge in [0.15, 0.2) is 5.60 Å². The van der Waals surface area contributed by atoms with Crippen LogP contribution in [0.2, 0.25) is 0 Å². The van der Waals surface area contributed by atoms with Crippen LogP contribution in [0.1, 0.15) is 58.1 Å². The fourth-order valence-corrected chi connectivity index (χ4v) is 2.73. The van der Waals surface area contributed by atoms with Crippen molar-refractivity contribution in [3.63, 3.8) is 0 Å². The largest absolute Gasteiger partial charge is 0.441 e. The number of rotatable bonds is 1. The molecule has 0 spiro atoms. The van der Waals surface area contributed by atoms with Crippen LogP contribution in [0.3, 0.4) is 0 Å². The zero-order chi connectivity index (χ0) is 15.5. The maximum absolute atomic E-state index is 12.4. The van der Waals surface area contributed by atoms with Gasteiger partial charge in [0.2, 0.25) is 0 Å². The first-order chi connectivity index (χ1) is 9.89. The predicted octanol–water partition coefficient (Wildman–Crippen LogP) is 4.22. The average Bonchev–Trinajstić information content (AvgIpc) is 2.59. The minimum absolute atomic E-state index is 0.193. The number of carbonyl (C=O) groups is 1. The third kappa shape index (κ3) is 3.29. The molecule has 1 aliphatic rings. The molecule has 0 saturated carbocycles. The molecule has 1 aromatic rings. The number of fused-ring (bicyclic) bond motifs is 1. The fraction of sp³-hybridized carbons (Fsp3) is 0.526. The summed E-state index contributed by atoms with van der Waals surface area (Å²) in [4.78, 5) is 12.4. The van der Waals surface area contributed by atoms with Crippen molar-refractivity contribution in [2.45, 2.75) is 59.0 Å². The van der Waals surface area contributed by atoms with Crippen LogP contribution in [-0.2, 0) is 21.6 Å². The van der Waals surface area contributed by atoms with Gasteiger partial charge in [-0.25, -0.2) is 0 Å². The Morgan fingerprint density at radius 1 is 1.24 bits per heavy atom. The van der Waals surface area contributed by atoms with E-state index in [0.29, 0.717) is 0 Å². The second-order valence-corrected chi connectivity index (χ2v) is 6.71. The van der Waals surface area contributed by atoms with Gasteiger partial charge in [0.25, 0.3) is 0 Å². The number of hydrogen-bond acceptors (Lipinski definition) is 2. The second-order valence-electron chi connectivity index (χ2n) is 6.71. The molecule has 0 bridgehead atoms. The first-order valence-electron chi connectivity index (χ1n) is 7.65. The molecule has 0 aliphatic heterocycles. The van der Waals surface area contributed by atoms with E-state index in [2.05, 4.69) is 24.0 Å². The van der Waals surface area contributed by atoms with E-state index < -0.39 is 11.0 Å². The molecule has 0 amide bonds. The zero-order valence-corrected chi connectivity index (χ0v) is 13.5. The molecule has 0 aromatic heterocycles. The van der Waals surface area contributed by atoms with E-state index in [4.69, 9.17) is 4.74 Å². The number of hydrogen-bond donors (Lipinski definition) is 0. The number of esters is 1. The molecule has 2 nitrogen and oxygen atoms in total. The van der Waals surface area contributed by atoms with Crippen LogP contribution in [0.5, 0.6) is 0 Å². The smallest absolute Gasteiger partial charge is 0.313 e. The summed E-state index contributed by atoms with van der Waals surface area (Å²) in [5.41, 5.74) is 1.00. The van der Waals surface area contributed by atoms with Crippen LogP contribution >= 0.6 is 0 Å². The number of aryl methyl sites for hydroxylation is 1. The van der Waals surface area contributed by atoms with Crippen LogP contribution in [-0.4, -0.2) is 5.97 Å². The van der Waals surface area contributed by atoms with Gasteiger partial charge in [-0.05, 0) is 52.5 Å².